The van der Waals surface area contributed by atoms with Crippen LogP contribution in [0.25, 0.3) is 0 Å². The molecule has 0 spiro atoms. The number of alkyl carbamates (subject to hydrolysis) is 1. The van der Waals surface area contributed by atoms with Gasteiger partial charge in [-0.1, -0.05) is 0 Å². The van der Waals surface area contributed by atoms with Crippen molar-refractivity contribution in [1.29, 1.82) is 0 Å². The van der Waals surface area contributed by atoms with Gasteiger partial charge in [0.1, 0.15) is 23.7 Å². The molecule has 0 aliphatic carbocycles. The van der Waals surface area contributed by atoms with E-state index in [4.69, 9.17) is 9.47 Å². The Hall–Kier alpha value is -1.96. The lowest BCUT2D eigenvalue weighted by molar-refractivity contribution is -0.122. The van der Waals surface area contributed by atoms with Gasteiger partial charge in [-0.3, -0.25) is 9.79 Å². The number of amides is 2. The van der Waals surface area contributed by atoms with Gasteiger partial charge in [0, 0.05) is 13.0 Å². The van der Waals surface area contributed by atoms with Crippen LogP contribution < -0.4 is 10.6 Å². The first-order valence-corrected chi connectivity index (χ1v) is 8.51. The summed E-state index contributed by atoms with van der Waals surface area (Å²) in [6, 6.07) is -0.822. The number of hydrogen-bond acceptors (Lipinski definition) is 5. The maximum absolute atomic E-state index is 13.1. The molecule has 2 amide bonds. The highest BCUT2D eigenvalue weighted by Crippen LogP contribution is 2.18. The van der Waals surface area contributed by atoms with Crippen LogP contribution in [0.3, 0.4) is 0 Å². The van der Waals surface area contributed by atoms with Crippen molar-refractivity contribution in [1.82, 2.24) is 10.6 Å². The molecule has 0 aromatic heterocycles. The second-order valence-electron chi connectivity index (χ2n) is 7.16. The molecule has 3 unspecified atom stereocenters. The summed E-state index contributed by atoms with van der Waals surface area (Å²) in [5.74, 6) is -0.149. The lowest BCUT2D eigenvalue weighted by Gasteiger charge is -2.24. The van der Waals surface area contributed by atoms with E-state index < -0.39 is 29.8 Å². The van der Waals surface area contributed by atoms with Gasteiger partial charge >= 0.3 is 6.09 Å². The molecule has 3 atom stereocenters. The normalized spacial score (nSPS) is 24.4. The molecule has 7 nitrogen and oxygen atoms in total. The molecule has 0 radical (unpaired) electrons. The van der Waals surface area contributed by atoms with Crippen LogP contribution in [0, 0.1) is 0 Å². The fourth-order valence-corrected chi connectivity index (χ4v) is 2.56. The number of hydrogen-bond donors (Lipinski definition) is 2. The molecule has 2 heterocycles. The van der Waals surface area contributed by atoms with E-state index in [1.165, 1.54) is 12.2 Å². The van der Waals surface area contributed by atoms with E-state index in [2.05, 4.69) is 15.6 Å². The number of halogens is 1. The zero-order chi connectivity index (χ0) is 18.4. The van der Waals surface area contributed by atoms with Gasteiger partial charge in [0.2, 0.25) is 5.91 Å². The Labute approximate surface area is 147 Å². The van der Waals surface area contributed by atoms with Crippen molar-refractivity contribution >= 4 is 17.8 Å². The minimum absolute atomic E-state index is 0.0258. The standard InChI is InChI=1S/C17H26FN3O4/c1-17(2,3)25-16(23)20-13(9-12-5-4-8-24-12)15(22)21-14-7-6-11(18)10-19-14/h6-7,11-13H,4-5,8-10H2,1-3H3,(H,20,23)(H,19,21,22). The van der Waals surface area contributed by atoms with Crippen molar-refractivity contribution in [2.75, 3.05) is 13.2 Å². The van der Waals surface area contributed by atoms with Crippen LogP contribution in [0.5, 0.6) is 0 Å². The van der Waals surface area contributed by atoms with E-state index in [1.807, 2.05) is 0 Å². The quantitative estimate of drug-likeness (QED) is 0.806. The van der Waals surface area contributed by atoms with Gasteiger partial charge in [0.05, 0.1) is 12.6 Å². The number of amidine groups is 1. The summed E-state index contributed by atoms with van der Waals surface area (Å²) in [5, 5.41) is 5.21. The van der Waals surface area contributed by atoms with Crippen molar-refractivity contribution in [3.8, 4) is 0 Å². The van der Waals surface area contributed by atoms with Gasteiger partial charge in [-0.05, 0) is 45.8 Å². The summed E-state index contributed by atoms with van der Waals surface area (Å²) in [7, 11) is 0. The van der Waals surface area contributed by atoms with Crippen LogP contribution >= 0.6 is 0 Å². The lowest BCUT2D eigenvalue weighted by atomic mass is 10.1. The van der Waals surface area contributed by atoms with Crippen LogP contribution in [-0.2, 0) is 14.3 Å². The number of rotatable bonds is 4. The number of nitrogens with zero attached hydrogens (tertiary/aromatic N) is 1. The predicted molar refractivity (Wildman–Crippen MR) is 91.2 cm³/mol. The maximum atomic E-state index is 13.1. The summed E-state index contributed by atoms with van der Waals surface area (Å²) >= 11 is 0. The van der Waals surface area contributed by atoms with Crippen molar-refractivity contribution in [2.45, 2.75) is 64.0 Å². The van der Waals surface area contributed by atoms with Gasteiger partial charge in [-0.25, -0.2) is 9.18 Å². The van der Waals surface area contributed by atoms with Crippen LogP contribution in [0.15, 0.2) is 17.1 Å². The summed E-state index contributed by atoms with van der Waals surface area (Å²) in [6.07, 6.45) is 2.96. The third-order valence-electron chi connectivity index (χ3n) is 3.68. The second kappa shape index (κ2) is 8.42. The first kappa shape index (κ1) is 19.4. The van der Waals surface area contributed by atoms with E-state index in [0.717, 1.165) is 12.8 Å². The zero-order valence-corrected chi connectivity index (χ0v) is 14.9. The third kappa shape index (κ3) is 6.81. The summed E-state index contributed by atoms with van der Waals surface area (Å²) in [4.78, 5) is 28.5. The molecule has 140 valence electrons. The molecular weight excluding hydrogens is 329 g/mol. The Morgan fingerprint density at radius 1 is 1.48 bits per heavy atom. The van der Waals surface area contributed by atoms with E-state index in [-0.39, 0.29) is 18.5 Å². The van der Waals surface area contributed by atoms with E-state index in [9.17, 15) is 14.0 Å². The lowest BCUT2D eigenvalue weighted by Crippen LogP contribution is -2.50. The number of carbonyl (C=O) groups is 2. The van der Waals surface area contributed by atoms with Crippen molar-refractivity contribution < 1.29 is 23.5 Å². The zero-order valence-electron chi connectivity index (χ0n) is 14.9. The molecule has 2 aliphatic heterocycles. The van der Waals surface area contributed by atoms with Crippen molar-refractivity contribution in [2.24, 2.45) is 4.99 Å². The largest absolute Gasteiger partial charge is 0.444 e. The fraction of sp³-hybridized carbons (Fsp3) is 0.706. The monoisotopic (exact) mass is 355 g/mol. The molecule has 8 heteroatoms. The number of nitrogens with one attached hydrogen (secondary N) is 2. The third-order valence-corrected chi connectivity index (χ3v) is 3.68. The van der Waals surface area contributed by atoms with Crippen LogP contribution in [0.2, 0.25) is 0 Å². The van der Waals surface area contributed by atoms with Crippen molar-refractivity contribution in [3.63, 3.8) is 0 Å². The summed E-state index contributed by atoms with van der Waals surface area (Å²) < 4.78 is 23.8. The molecule has 1 fully saturated rings. The Morgan fingerprint density at radius 2 is 2.24 bits per heavy atom. The number of dihydropyridines is 1. The van der Waals surface area contributed by atoms with Crippen LogP contribution in [-0.4, -0.2) is 54.9 Å². The minimum Gasteiger partial charge on any atom is -0.444 e. The fourth-order valence-electron chi connectivity index (χ4n) is 2.56. The molecule has 0 bridgehead atoms. The molecule has 0 saturated carbocycles. The molecular formula is C17H26FN3O4. The highest BCUT2D eigenvalue weighted by atomic mass is 19.1. The molecule has 2 aliphatic rings. The SMILES string of the molecule is CC(C)(C)OC(=O)NC(CC1CCCO1)C(=O)NC1=NCC(F)C=C1. The number of carbonyl (C=O) groups excluding carboxylic acids is 2. The molecule has 0 aromatic rings. The smallest absolute Gasteiger partial charge is 0.408 e. The average Bonchev–Trinajstić information content (AvgIpc) is 3.00. The predicted octanol–water partition coefficient (Wildman–Crippen LogP) is 1.87. The first-order valence-electron chi connectivity index (χ1n) is 8.51. The van der Waals surface area contributed by atoms with Gasteiger partial charge in [-0.2, -0.15) is 0 Å². The second-order valence-corrected chi connectivity index (χ2v) is 7.16. The topological polar surface area (TPSA) is 89.0 Å². The Kier molecular flexibility index (Phi) is 6.52. The summed E-state index contributed by atoms with van der Waals surface area (Å²) in [5.41, 5.74) is -0.665. The van der Waals surface area contributed by atoms with E-state index in [0.29, 0.717) is 13.0 Å². The van der Waals surface area contributed by atoms with Crippen LogP contribution in [0.4, 0.5) is 9.18 Å². The maximum Gasteiger partial charge on any atom is 0.408 e. The van der Waals surface area contributed by atoms with Gasteiger partial charge in [0.25, 0.3) is 0 Å². The molecule has 0 aromatic carbocycles. The molecule has 1 saturated heterocycles. The number of ether oxygens (including phenoxy) is 2. The van der Waals surface area contributed by atoms with E-state index >= 15 is 0 Å². The highest BCUT2D eigenvalue weighted by molar-refractivity contribution is 6.06. The Bertz CT molecular complexity index is 551. The Balaban J connectivity index is 1.98. The van der Waals surface area contributed by atoms with Crippen LogP contribution in [0.1, 0.15) is 40.0 Å². The molecule has 2 rings (SSSR count). The van der Waals surface area contributed by atoms with Crippen molar-refractivity contribution in [3.05, 3.63) is 12.2 Å². The van der Waals surface area contributed by atoms with E-state index in [1.54, 1.807) is 20.8 Å². The number of alkyl halides is 1. The minimum atomic E-state index is -1.14. The molecule has 2 N–H and O–H groups in total. The highest BCUT2D eigenvalue weighted by Gasteiger charge is 2.29. The van der Waals surface area contributed by atoms with Gasteiger partial charge in [0.15, 0.2) is 0 Å². The molecule has 25 heavy (non-hydrogen) atoms. The Morgan fingerprint density at radius 3 is 2.80 bits per heavy atom. The first-order chi connectivity index (χ1) is 11.7. The average molecular weight is 355 g/mol. The van der Waals surface area contributed by atoms with Gasteiger partial charge < -0.3 is 20.1 Å². The van der Waals surface area contributed by atoms with Gasteiger partial charge in [-0.15, -0.1) is 0 Å². The summed E-state index contributed by atoms with van der Waals surface area (Å²) in [6.45, 7) is 5.87. The number of aliphatic imine (C=N–C) groups is 1.